The van der Waals surface area contributed by atoms with Crippen molar-refractivity contribution in [2.75, 3.05) is 13.7 Å². The number of halogens is 1. The molecule has 0 spiro atoms. The number of nitrogens with zero attached hydrogens (tertiary/aromatic N) is 1. The lowest BCUT2D eigenvalue weighted by atomic mass is 10.0. The van der Waals surface area contributed by atoms with Gasteiger partial charge in [-0.25, -0.2) is 9.18 Å². The lowest BCUT2D eigenvalue weighted by Crippen LogP contribution is -2.34. The number of carbonyl (C=O) groups excluding carboxylic acids is 1. The molecule has 0 saturated carbocycles. The summed E-state index contributed by atoms with van der Waals surface area (Å²) in [5, 5.41) is 9.31. The van der Waals surface area contributed by atoms with Gasteiger partial charge in [0.15, 0.2) is 18.2 Å². The minimum atomic E-state index is -1.33. The van der Waals surface area contributed by atoms with E-state index in [-0.39, 0.29) is 5.56 Å². The maximum atomic E-state index is 14.2. The molecule has 0 aliphatic heterocycles. The Morgan fingerprint density at radius 2 is 1.53 bits per heavy atom. The summed E-state index contributed by atoms with van der Waals surface area (Å²) < 4.78 is 24.8. The Kier molecular flexibility index (Phi) is 8.24. The third kappa shape index (κ3) is 6.34. The molecule has 0 saturated heterocycles. The van der Waals surface area contributed by atoms with Gasteiger partial charge in [-0.15, -0.1) is 0 Å². The average Bonchev–Trinajstić information content (AvgIpc) is 2.83. The molecule has 178 valence electrons. The van der Waals surface area contributed by atoms with Crippen LogP contribution in [0, 0.1) is 5.82 Å². The molecule has 1 N–H and O–H groups in total. The second-order valence-electron chi connectivity index (χ2n) is 8.20. The summed E-state index contributed by atoms with van der Waals surface area (Å²) in [5.41, 5.74) is 2.67. The summed E-state index contributed by atoms with van der Waals surface area (Å²) in [4.78, 5) is 26.1. The van der Waals surface area contributed by atoms with E-state index in [2.05, 4.69) is 13.8 Å². The van der Waals surface area contributed by atoms with Gasteiger partial charge in [-0.1, -0.05) is 56.3 Å². The van der Waals surface area contributed by atoms with E-state index in [0.29, 0.717) is 24.8 Å². The third-order valence-corrected chi connectivity index (χ3v) is 5.44. The summed E-state index contributed by atoms with van der Waals surface area (Å²) in [6.45, 7) is 4.33. The van der Waals surface area contributed by atoms with Crippen LogP contribution in [-0.4, -0.2) is 35.6 Å². The molecule has 0 bridgehead atoms. The number of amides is 1. The number of ether oxygens (including phenoxy) is 2. The number of carboxylic acid groups (broad SMARTS) is 1. The number of hydrogen-bond donors (Lipinski definition) is 1. The van der Waals surface area contributed by atoms with Crippen LogP contribution in [0.4, 0.5) is 4.39 Å². The van der Waals surface area contributed by atoms with Crippen molar-refractivity contribution in [1.82, 2.24) is 4.90 Å². The Hall–Kier alpha value is -3.87. The monoisotopic (exact) mass is 465 g/mol. The van der Waals surface area contributed by atoms with Gasteiger partial charge in [0.1, 0.15) is 11.3 Å². The predicted molar refractivity (Wildman–Crippen MR) is 127 cm³/mol. The second-order valence-corrected chi connectivity index (χ2v) is 8.20. The summed E-state index contributed by atoms with van der Waals surface area (Å²) >= 11 is 0. The van der Waals surface area contributed by atoms with Crippen LogP contribution in [-0.2, 0) is 17.9 Å². The highest BCUT2D eigenvalue weighted by atomic mass is 19.1. The van der Waals surface area contributed by atoms with Crippen molar-refractivity contribution in [2.45, 2.75) is 32.9 Å². The van der Waals surface area contributed by atoms with Crippen molar-refractivity contribution < 1.29 is 28.6 Å². The zero-order chi connectivity index (χ0) is 24.7. The molecule has 34 heavy (non-hydrogen) atoms. The molecule has 0 aliphatic rings. The van der Waals surface area contributed by atoms with Crippen LogP contribution in [0.1, 0.15) is 46.8 Å². The minimum Gasteiger partial charge on any atom is -0.497 e. The van der Waals surface area contributed by atoms with E-state index in [0.717, 1.165) is 17.2 Å². The molecule has 6 nitrogen and oxygen atoms in total. The first kappa shape index (κ1) is 24.8. The molecule has 3 rings (SSSR count). The number of benzene rings is 3. The molecule has 7 heteroatoms. The van der Waals surface area contributed by atoms with Gasteiger partial charge in [0.2, 0.25) is 0 Å². The normalized spacial score (nSPS) is 10.7. The molecule has 1 amide bonds. The van der Waals surface area contributed by atoms with E-state index in [1.807, 2.05) is 48.5 Å². The van der Waals surface area contributed by atoms with Gasteiger partial charge in [-0.05, 0) is 46.9 Å². The molecule has 0 radical (unpaired) electrons. The fourth-order valence-electron chi connectivity index (χ4n) is 3.46. The van der Waals surface area contributed by atoms with Crippen LogP contribution in [0.25, 0.3) is 0 Å². The Morgan fingerprint density at radius 1 is 0.941 bits per heavy atom. The summed E-state index contributed by atoms with van der Waals surface area (Å²) in [6, 6.07) is 19.0. The zero-order valence-corrected chi connectivity index (χ0v) is 19.5. The number of methoxy groups -OCH3 is 1. The first-order valence-corrected chi connectivity index (χ1v) is 10.9. The number of rotatable bonds is 10. The molecule has 0 aromatic heterocycles. The van der Waals surface area contributed by atoms with E-state index >= 15 is 0 Å². The smallest absolute Gasteiger partial charge is 0.339 e. The van der Waals surface area contributed by atoms with E-state index in [1.54, 1.807) is 12.0 Å². The topological polar surface area (TPSA) is 76.1 Å². The average molecular weight is 466 g/mol. The minimum absolute atomic E-state index is 0.293. The van der Waals surface area contributed by atoms with Crippen molar-refractivity contribution in [2.24, 2.45) is 0 Å². The number of hydrogen-bond acceptors (Lipinski definition) is 4. The lowest BCUT2D eigenvalue weighted by Gasteiger charge is -2.24. The van der Waals surface area contributed by atoms with Gasteiger partial charge in [-0.3, -0.25) is 4.79 Å². The van der Waals surface area contributed by atoms with Gasteiger partial charge in [0, 0.05) is 13.1 Å². The quantitative estimate of drug-likeness (QED) is 0.442. The second kappa shape index (κ2) is 11.3. The van der Waals surface area contributed by atoms with E-state index in [1.165, 1.54) is 17.7 Å². The standard InChI is InChI=1S/C27H28FNO5/c1-18(2)21-11-7-19(8-12-21)15-29(16-20-9-13-22(33-3)14-10-20)25(30)17-34-26-23(27(31)32)5-4-6-24(26)28/h4-14,18H,15-17H2,1-3H3,(H,31,32). The highest BCUT2D eigenvalue weighted by Crippen LogP contribution is 2.23. The maximum Gasteiger partial charge on any atom is 0.339 e. The van der Waals surface area contributed by atoms with Crippen LogP contribution in [0.5, 0.6) is 11.5 Å². The summed E-state index contributed by atoms with van der Waals surface area (Å²) in [5.74, 6) is -1.92. The molecule has 0 aliphatic carbocycles. The number of carbonyl (C=O) groups is 2. The van der Waals surface area contributed by atoms with Crippen molar-refractivity contribution in [3.05, 3.63) is 94.8 Å². The molecule has 0 atom stereocenters. The SMILES string of the molecule is COc1ccc(CN(Cc2ccc(C(C)C)cc2)C(=O)COc2c(F)cccc2C(=O)O)cc1. The van der Waals surface area contributed by atoms with Crippen LogP contribution in [0.2, 0.25) is 0 Å². The molecular weight excluding hydrogens is 437 g/mol. The first-order valence-electron chi connectivity index (χ1n) is 10.9. The Bertz CT molecular complexity index is 1130. The van der Waals surface area contributed by atoms with Crippen LogP contribution in [0.3, 0.4) is 0 Å². The van der Waals surface area contributed by atoms with Crippen molar-refractivity contribution in [3.8, 4) is 11.5 Å². The highest BCUT2D eigenvalue weighted by Gasteiger charge is 2.20. The highest BCUT2D eigenvalue weighted by molar-refractivity contribution is 5.91. The molecule has 0 unspecified atom stereocenters. The largest absolute Gasteiger partial charge is 0.497 e. The van der Waals surface area contributed by atoms with Crippen molar-refractivity contribution in [3.63, 3.8) is 0 Å². The summed E-state index contributed by atoms with van der Waals surface area (Å²) in [7, 11) is 1.58. The number of aromatic carboxylic acids is 1. The maximum absolute atomic E-state index is 14.2. The van der Waals surface area contributed by atoms with Gasteiger partial charge in [0.25, 0.3) is 5.91 Å². The Labute approximate surface area is 198 Å². The van der Waals surface area contributed by atoms with E-state index < -0.39 is 30.1 Å². The van der Waals surface area contributed by atoms with Gasteiger partial charge >= 0.3 is 5.97 Å². The number of para-hydroxylation sites is 1. The van der Waals surface area contributed by atoms with E-state index in [9.17, 15) is 19.1 Å². The Balaban J connectivity index is 1.80. The summed E-state index contributed by atoms with van der Waals surface area (Å²) in [6.07, 6.45) is 0. The predicted octanol–water partition coefficient (Wildman–Crippen LogP) is 5.26. The van der Waals surface area contributed by atoms with Crippen LogP contribution >= 0.6 is 0 Å². The molecular formula is C27H28FNO5. The van der Waals surface area contributed by atoms with Gasteiger partial charge < -0.3 is 19.5 Å². The molecule has 0 fully saturated rings. The van der Waals surface area contributed by atoms with Crippen molar-refractivity contribution >= 4 is 11.9 Å². The van der Waals surface area contributed by atoms with Gasteiger partial charge in [-0.2, -0.15) is 0 Å². The molecule has 3 aromatic carbocycles. The third-order valence-electron chi connectivity index (χ3n) is 5.44. The molecule has 0 heterocycles. The van der Waals surface area contributed by atoms with Gasteiger partial charge in [0.05, 0.1) is 7.11 Å². The first-order chi connectivity index (χ1) is 16.3. The van der Waals surface area contributed by atoms with Crippen molar-refractivity contribution in [1.29, 1.82) is 0 Å². The fourth-order valence-corrected chi connectivity index (χ4v) is 3.46. The zero-order valence-electron chi connectivity index (χ0n) is 19.5. The Morgan fingerprint density at radius 3 is 2.06 bits per heavy atom. The van der Waals surface area contributed by atoms with Crippen LogP contribution < -0.4 is 9.47 Å². The van der Waals surface area contributed by atoms with Crippen LogP contribution in [0.15, 0.2) is 66.7 Å². The fraction of sp³-hybridized carbons (Fsp3) is 0.259. The number of carboxylic acids is 1. The molecule has 3 aromatic rings. The van der Waals surface area contributed by atoms with E-state index in [4.69, 9.17) is 9.47 Å². The lowest BCUT2D eigenvalue weighted by molar-refractivity contribution is -0.134.